The van der Waals surface area contributed by atoms with E-state index in [1.807, 2.05) is 0 Å². The molecule has 0 aliphatic carbocycles. The summed E-state index contributed by atoms with van der Waals surface area (Å²) in [5.74, 6) is -0.929. The summed E-state index contributed by atoms with van der Waals surface area (Å²) in [7, 11) is 1.47. The first-order valence-electron chi connectivity index (χ1n) is 4.40. The highest BCUT2D eigenvalue weighted by Crippen LogP contribution is 2.18. The largest absolute Gasteiger partial charge is 0.481 e. The molecule has 5 heteroatoms. The van der Waals surface area contributed by atoms with Crippen LogP contribution in [-0.4, -0.2) is 24.7 Å². The molecule has 1 aromatic carbocycles. The van der Waals surface area contributed by atoms with Gasteiger partial charge in [0.15, 0.2) is 18.2 Å². The van der Waals surface area contributed by atoms with Crippen molar-refractivity contribution in [2.45, 2.75) is 6.61 Å². The van der Waals surface area contributed by atoms with Gasteiger partial charge in [-0.05, 0) is 17.7 Å². The van der Waals surface area contributed by atoms with E-state index in [2.05, 4.69) is 5.32 Å². The average molecular weight is 213 g/mol. The number of hydrogen-bond acceptors (Lipinski definition) is 3. The van der Waals surface area contributed by atoms with Crippen molar-refractivity contribution in [3.63, 3.8) is 0 Å². The van der Waals surface area contributed by atoms with Crippen molar-refractivity contribution in [2.24, 2.45) is 0 Å². The van der Waals surface area contributed by atoms with E-state index in [0.717, 1.165) is 0 Å². The standard InChI is InChI=1S/C10H12FNO3/c1-12-10(14)6-15-9-3-2-7(5-13)4-8(9)11/h2-4,13H,5-6H2,1H3,(H,12,14). The number of nitrogens with one attached hydrogen (secondary N) is 1. The van der Waals surface area contributed by atoms with Gasteiger partial charge in [-0.15, -0.1) is 0 Å². The van der Waals surface area contributed by atoms with E-state index in [-0.39, 0.29) is 24.9 Å². The molecular weight excluding hydrogens is 201 g/mol. The molecule has 2 N–H and O–H groups in total. The normalized spacial score (nSPS) is 9.80. The Bertz CT molecular complexity index is 355. The third-order valence-corrected chi connectivity index (χ3v) is 1.82. The predicted octanol–water partition coefficient (Wildman–Crippen LogP) is 0.443. The molecule has 0 aliphatic rings. The zero-order valence-electron chi connectivity index (χ0n) is 8.29. The molecule has 0 unspecified atom stereocenters. The Labute approximate surface area is 86.7 Å². The van der Waals surface area contributed by atoms with Gasteiger partial charge in [0, 0.05) is 7.05 Å². The molecule has 0 aromatic heterocycles. The van der Waals surface area contributed by atoms with Crippen LogP contribution in [0, 0.1) is 5.82 Å². The summed E-state index contributed by atoms with van der Waals surface area (Å²) < 4.78 is 18.1. The van der Waals surface area contributed by atoms with E-state index < -0.39 is 5.82 Å². The zero-order valence-corrected chi connectivity index (χ0v) is 8.29. The van der Waals surface area contributed by atoms with E-state index in [9.17, 15) is 9.18 Å². The fraction of sp³-hybridized carbons (Fsp3) is 0.300. The molecule has 0 radical (unpaired) electrons. The van der Waals surface area contributed by atoms with Crippen LogP contribution in [0.5, 0.6) is 5.75 Å². The topological polar surface area (TPSA) is 58.6 Å². The number of likely N-dealkylation sites (N-methyl/N-ethyl adjacent to an activating group) is 1. The SMILES string of the molecule is CNC(=O)COc1ccc(CO)cc1F. The number of hydrogen-bond donors (Lipinski definition) is 2. The van der Waals surface area contributed by atoms with Crippen LogP contribution in [0.25, 0.3) is 0 Å². The number of amides is 1. The maximum atomic E-state index is 13.2. The second-order valence-electron chi connectivity index (χ2n) is 2.88. The summed E-state index contributed by atoms with van der Waals surface area (Å²) in [6, 6.07) is 4.07. The number of rotatable bonds is 4. The first-order valence-corrected chi connectivity index (χ1v) is 4.40. The Balaban J connectivity index is 2.66. The first kappa shape index (κ1) is 11.5. The minimum absolute atomic E-state index is 0.00389. The van der Waals surface area contributed by atoms with Gasteiger partial charge >= 0.3 is 0 Å². The molecule has 1 amide bonds. The molecule has 0 bridgehead atoms. The molecule has 4 nitrogen and oxygen atoms in total. The second kappa shape index (κ2) is 5.31. The van der Waals surface area contributed by atoms with Gasteiger partial charge in [0.25, 0.3) is 5.91 Å². The quantitative estimate of drug-likeness (QED) is 0.763. The van der Waals surface area contributed by atoms with Crippen LogP contribution in [-0.2, 0) is 11.4 Å². The fourth-order valence-electron chi connectivity index (χ4n) is 0.975. The molecule has 0 spiro atoms. The third kappa shape index (κ3) is 3.21. The fourth-order valence-corrected chi connectivity index (χ4v) is 0.975. The van der Waals surface area contributed by atoms with Gasteiger partial charge in [-0.2, -0.15) is 0 Å². The van der Waals surface area contributed by atoms with E-state index in [4.69, 9.17) is 9.84 Å². The Morgan fingerprint density at radius 1 is 1.60 bits per heavy atom. The van der Waals surface area contributed by atoms with Crippen molar-refractivity contribution < 1.29 is 19.0 Å². The third-order valence-electron chi connectivity index (χ3n) is 1.82. The smallest absolute Gasteiger partial charge is 0.257 e. The number of aliphatic hydroxyl groups is 1. The maximum absolute atomic E-state index is 13.2. The highest BCUT2D eigenvalue weighted by atomic mass is 19.1. The Morgan fingerprint density at radius 2 is 2.33 bits per heavy atom. The molecule has 0 heterocycles. The number of ether oxygens (including phenoxy) is 1. The number of halogens is 1. The second-order valence-corrected chi connectivity index (χ2v) is 2.88. The average Bonchev–Trinajstić information content (AvgIpc) is 2.26. The van der Waals surface area contributed by atoms with Gasteiger partial charge in [0.1, 0.15) is 0 Å². The van der Waals surface area contributed by atoms with Gasteiger partial charge < -0.3 is 15.2 Å². The van der Waals surface area contributed by atoms with Crippen LogP contribution in [0.2, 0.25) is 0 Å². The molecule has 0 atom stereocenters. The van der Waals surface area contributed by atoms with Crippen LogP contribution < -0.4 is 10.1 Å². The van der Waals surface area contributed by atoms with Crippen molar-refractivity contribution in [1.82, 2.24) is 5.32 Å². The lowest BCUT2D eigenvalue weighted by Crippen LogP contribution is -2.25. The lowest BCUT2D eigenvalue weighted by atomic mass is 10.2. The monoisotopic (exact) mass is 213 g/mol. The molecule has 1 aromatic rings. The summed E-state index contributed by atoms with van der Waals surface area (Å²) in [6.07, 6.45) is 0. The minimum atomic E-state index is -0.592. The van der Waals surface area contributed by atoms with Gasteiger partial charge in [-0.3, -0.25) is 4.79 Å². The minimum Gasteiger partial charge on any atom is -0.481 e. The number of aliphatic hydroxyl groups excluding tert-OH is 1. The molecule has 0 aliphatic heterocycles. The number of carbonyl (C=O) groups is 1. The van der Waals surface area contributed by atoms with E-state index >= 15 is 0 Å². The van der Waals surface area contributed by atoms with Crippen molar-refractivity contribution in [2.75, 3.05) is 13.7 Å². The summed E-state index contributed by atoms with van der Waals surface area (Å²) in [5.41, 5.74) is 0.458. The van der Waals surface area contributed by atoms with Gasteiger partial charge in [0.2, 0.25) is 0 Å². The van der Waals surface area contributed by atoms with Gasteiger partial charge in [0.05, 0.1) is 6.61 Å². The molecular formula is C10H12FNO3. The van der Waals surface area contributed by atoms with E-state index in [0.29, 0.717) is 5.56 Å². The highest BCUT2D eigenvalue weighted by Gasteiger charge is 2.06. The van der Waals surface area contributed by atoms with Crippen LogP contribution >= 0.6 is 0 Å². The highest BCUT2D eigenvalue weighted by molar-refractivity contribution is 5.77. The Morgan fingerprint density at radius 3 is 2.87 bits per heavy atom. The molecule has 0 saturated carbocycles. The summed E-state index contributed by atoms with van der Waals surface area (Å²) in [6.45, 7) is -0.460. The maximum Gasteiger partial charge on any atom is 0.257 e. The molecule has 1 rings (SSSR count). The van der Waals surface area contributed by atoms with Crippen molar-refractivity contribution in [1.29, 1.82) is 0 Å². The summed E-state index contributed by atoms with van der Waals surface area (Å²) >= 11 is 0. The molecule has 0 fully saturated rings. The van der Waals surface area contributed by atoms with Gasteiger partial charge in [-0.1, -0.05) is 6.07 Å². The van der Waals surface area contributed by atoms with Crippen LogP contribution in [0.15, 0.2) is 18.2 Å². The predicted molar refractivity (Wildman–Crippen MR) is 51.9 cm³/mol. The molecule has 82 valence electrons. The lowest BCUT2D eigenvalue weighted by molar-refractivity contribution is -0.122. The Hall–Kier alpha value is -1.62. The van der Waals surface area contributed by atoms with E-state index in [1.165, 1.54) is 25.2 Å². The van der Waals surface area contributed by atoms with Crippen molar-refractivity contribution in [3.8, 4) is 5.75 Å². The Kier molecular flexibility index (Phi) is 4.05. The van der Waals surface area contributed by atoms with Crippen molar-refractivity contribution in [3.05, 3.63) is 29.6 Å². The molecule has 15 heavy (non-hydrogen) atoms. The number of carbonyl (C=O) groups excluding carboxylic acids is 1. The number of benzene rings is 1. The first-order chi connectivity index (χ1) is 7.17. The molecule has 0 saturated heterocycles. The van der Waals surface area contributed by atoms with Crippen LogP contribution in [0.3, 0.4) is 0 Å². The van der Waals surface area contributed by atoms with Crippen LogP contribution in [0.4, 0.5) is 4.39 Å². The van der Waals surface area contributed by atoms with Crippen LogP contribution in [0.1, 0.15) is 5.56 Å². The van der Waals surface area contributed by atoms with Crippen molar-refractivity contribution >= 4 is 5.91 Å². The summed E-state index contributed by atoms with van der Waals surface area (Å²) in [4.78, 5) is 10.8. The lowest BCUT2D eigenvalue weighted by Gasteiger charge is -2.06. The summed E-state index contributed by atoms with van der Waals surface area (Å²) in [5, 5.41) is 11.1. The van der Waals surface area contributed by atoms with Gasteiger partial charge in [-0.25, -0.2) is 4.39 Å². The van der Waals surface area contributed by atoms with E-state index in [1.54, 1.807) is 0 Å². The zero-order chi connectivity index (χ0) is 11.3.